The van der Waals surface area contributed by atoms with Gasteiger partial charge in [0.1, 0.15) is 9.88 Å². The lowest BCUT2D eigenvalue weighted by Gasteiger charge is -2.10. The van der Waals surface area contributed by atoms with E-state index in [1.54, 1.807) is 6.92 Å². The second-order valence-corrected chi connectivity index (χ2v) is 5.55. The van der Waals surface area contributed by atoms with E-state index < -0.39 is 5.97 Å². The van der Waals surface area contributed by atoms with Gasteiger partial charge in [-0.15, -0.1) is 11.3 Å². The van der Waals surface area contributed by atoms with Crippen LogP contribution in [-0.4, -0.2) is 22.0 Å². The fourth-order valence-electron chi connectivity index (χ4n) is 1.71. The zero-order valence-electron chi connectivity index (χ0n) is 11.5. The fourth-order valence-corrected chi connectivity index (χ4v) is 2.62. The first-order chi connectivity index (χ1) is 8.95. The van der Waals surface area contributed by atoms with Gasteiger partial charge in [-0.05, 0) is 20.3 Å². The van der Waals surface area contributed by atoms with Gasteiger partial charge in [0.25, 0.3) is 0 Å². The number of amides is 1. The number of carboxylic acids is 1. The summed E-state index contributed by atoms with van der Waals surface area (Å²) in [6.45, 7) is 5.58. The van der Waals surface area contributed by atoms with Crippen molar-refractivity contribution >= 4 is 23.2 Å². The van der Waals surface area contributed by atoms with Crippen molar-refractivity contribution in [2.45, 2.75) is 52.5 Å². The maximum Gasteiger partial charge on any atom is 0.347 e. The van der Waals surface area contributed by atoms with Gasteiger partial charge in [0, 0.05) is 6.42 Å². The summed E-state index contributed by atoms with van der Waals surface area (Å²) in [5.41, 5.74) is 0.500. The van der Waals surface area contributed by atoms with Crippen LogP contribution in [-0.2, 0) is 4.79 Å². The highest BCUT2D eigenvalue weighted by Crippen LogP contribution is 2.23. The number of hydrogen-bond donors (Lipinski definition) is 2. The maximum absolute atomic E-state index is 11.7. The Morgan fingerprint density at radius 3 is 2.63 bits per heavy atom. The third-order valence-electron chi connectivity index (χ3n) is 2.76. The Morgan fingerprint density at radius 2 is 2.11 bits per heavy atom. The average molecular weight is 284 g/mol. The molecular formula is C13H20N2O3S. The van der Waals surface area contributed by atoms with Gasteiger partial charge in [0.05, 0.1) is 11.7 Å². The van der Waals surface area contributed by atoms with Gasteiger partial charge in [-0.25, -0.2) is 9.78 Å². The number of aromatic carboxylic acids is 1. The van der Waals surface area contributed by atoms with Crippen LogP contribution in [0.25, 0.3) is 0 Å². The third kappa shape index (κ3) is 4.63. The lowest BCUT2D eigenvalue weighted by Crippen LogP contribution is -2.26. The molecule has 1 aromatic heterocycles. The van der Waals surface area contributed by atoms with Gasteiger partial charge in [-0.1, -0.05) is 19.8 Å². The molecule has 1 atom stereocenters. The molecule has 6 heteroatoms. The van der Waals surface area contributed by atoms with E-state index in [1.807, 2.05) is 6.92 Å². The van der Waals surface area contributed by atoms with Crippen molar-refractivity contribution in [1.29, 1.82) is 0 Å². The van der Waals surface area contributed by atoms with Crippen LogP contribution in [0.1, 0.15) is 65.9 Å². The second-order valence-electron chi connectivity index (χ2n) is 4.52. The standard InChI is InChI=1S/C13H20N2O3S/c1-4-5-6-7-10(16)14-9(3)12-15-8(2)11(19-12)13(17)18/h9H,4-7H2,1-3H3,(H,14,16)(H,17,18). The maximum atomic E-state index is 11.7. The van der Waals surface area contributed by atoms with E-state index in [4.69, 9.17) is 5.11 Å². The number of nitrogens with zero attached hydrogens (tertiary/aromatic N) is 1. The van der Waals surface area contributed by atoms with Gasteiger partial charge >= 0.3 is 5.97 Å². The molecule has 0 saturated heterocycles. The topological polar surface area (TPSA) is 79.3 Å². The first kappa shape index (κ1) is 15.6. The van der Waals surface area contributed by atoms with Crippen LogP contribution in [0.15, 0.2) is 0 Å². The summed E-state index contributed by atoms with van der Waals surface area (Å²) in [6.07, 6.45) is 3.51. The molecule has 0 radical (unpaired) electrons. The first-order valence-corrected chi connectivity index (χ1v) is 7.27. The van der Waals surface area contributed by atoms with Gasteiger partial charge < -0.3 is 10.4 Å². The predicted molar refractivity (Wildman–Crippen MR) is 74.5 cm³/mol. The number of aromatic nitrogens is 1. The lowest BCUT2D eigenvalue weighted by atomic mass is 10.2. The number of hydrogen-bond acceptors (Lipinski definition) is 4. The van der Waals surface area contributed by atoms with E-state index in [0.717, 1.165) is 30.6 Å². The van der Waals surface area contributed by atoms with Gasteiger partial charge in [-0.3, -0.25) is 4.79 Å². The normalized spacial score (nSPS) is 12.2. The number of nitrogens with one attached hydrogen (secondary N) is 1. The minimum atomic E-state index is -0.970. The summed E-state index contributed by atoms with van der Waals surface area (Å²) < 4.78 is 0. The highest BCUT2D eigenvalue weighted by atomic mass is 32.1. The summed E-state index contributed by atoms with van der Waals surface area (Å²) in [5, 5.41) is 12.5. The Bertz CT molecular complexity index is 457. The zero-order chi connectivity index (χ0) is 14.4. The Hall–Kier alpha value is -1.43. The minimum absolute atomic E-state index is 0.00863. The molecule has 0 fully saturated rings. The molecule has 5 nitrogen and oxygen atoms in total. The molecule has 0 aliphatic heterocycles. The number of unbranched alkanes of at least 4 members (excludes halogenated alkanes) is 2. The highest BCUT2D eigenvalue weighted by molar-refractivity contribution is 7.13. The van der Waals surface area contributed by atoms with Crippen molar-refractivity contribution in [3.05, 3.63) is 15.6 Å². The van der Waals surface area contributed by atoms with Crippen LogP contribution in [0.3, 0.4) is 0 Å². The highest BCUT2D eigenvalue weighted by Gasteiger charge is 2.18. The van der Waals surface area contributed by atoms with E-state index in [0.29, 0.717) is 17.1 Å². The summed E-state index contributed by atoms with van der Waals surface area (Å²) in [7, 11) is 0. The van der Waals surface area contributed by atoms with Crippen LogP contribution in [0.4, 0.5) is 0 Å². The van der Waals surface area contributed by atoms with E-state index in [2.05, 4.69) is 17.2 Å². The van der Waals surface area contributed by atoms with E-state index in [1.165, 1.54) is 0 Å². The molecular weight excluding hydrogens is 264 g/mol. The van der Waals surface area contributed by atoms with Crippen LogP contribution in [0.5, 0.6) is 0 Å². The van der Waals surface area contributed by atoms with Gasteiger partial charge in [-0.2, -0.15) is 0 Å². The van der Waals surface area contributed by atoms with Gasteiger partial charge in [0.2, 0.25) is 5.91 Å². The largest absolute Gasteiger partial charge is 0.477 e. The van der Waals surface area contributed by atoms with Gasteiger partial charge in [0.15, 0.2) is 0 Å². The Morgan fingerprint density at radius 1 is 1.42 bits per heavy atom. The summed E-state index contributed by atoms with van der Waals surface area (Å²) in [6, 6.07) is -0.245. The molecule has 0 bridgehead atoms. The Kier molecular flexibility index (Phi) is 5.95. The van der Waals surface area contributed by atoms with Crippen LogP contribution in [0, 0.1) is 6.92 Å². The monoisotopic (exact) mass is 284 g/mol. The molecule has 1 amide bonds. The number of carbonyl (C=O) groups is 2. The summed E-state index contributed by atoms with van der Waals surface area (Å²) in [5.74, 6) is -0.978. The van der Waals surface area contributed by atoms with Crippen LogP contribution < -0.4 is 5.32 Å². The molecule has 2 N–H and O–H groups in total. The summed E-state index contributed by atoms with van der Waals surface area (Å²) in [4.78, 5) is 27.1. The smallest absolute Gasteiger partial charge is 0.347 e. The Balaban J connectivity index is 2.58. The molecule has 1 unspecified atom stereocenters. The zero-order valence-corrected chi connectivity index (χ0v) is 12.3. The average Bonchev–Trinajstić information content (AvgIpc) is 2.72. The third-order valence-corrected chi connectivity index (χ3v) is 4.09. The van der Waals surface area contributed by atoms with Crippen LogP contribution >= 0.6 is 11.3 Å². The van der Waals surface area contributed by atoms with Crippen molar-refractivity contribution in [1.82, 2.24) is 10.3 Å². The minimum Gasteiger partial charge on any atom is -0.477 e. The second kappa shape index (κ2) is 7.23. The first-order valence-electron chi connectivity index (χ1n) is 6.45. The number of aryl methyl sites for hydroxylation is 1. The van der Waals surface area contributed by atoms with Crippen molar-refractivity contribution in [2.75, 3.05) is 0 Å². The number of carbonyl (C=O) groups excluding carboxylic acids is 1. The molecule has 0 aliphatic carbocycles. The molecule has 19 heavy (non-hydrogen) atoms. The van der Waals surface area contributed by atoms with Crippen LogP contribution in [0.2, 0.25) is 0 Å². The molecule has 0 aromatic carbocycles. The molecule has 0 saturated carbocycles. The number of carboxylic acid groups (broad SMARTS) is 1. The van der Waals surface area contributed by atoms with Crippen molar-refractivity contribution in [2.24, 2.45) is 0 Å². The molecule has 0 aliphatic rings. The quantitative estimate of drug-likeness (QED) is 0.754. The predicted octanol–water partition coefficient (Wildman–Crippen LogP) is 2.91. The van der Waals surface area contributed by atoms with Crippen molar-refractivity contribution in [3.63, 3.8) is 0 Å². The van der Waals surface area contributed by atoms with E-state index in [-0.39, 0.29) is 16.8 Å². The van der Waals surface area contributed by atoms with E-state index >= 15 is 0 Å². The fraction of sp³-hybridized carbons (Fsp3) is 0.615. The molecule has 1 aromatic rings. The number of rotatable bonds is 7. The molecule has 1 heterocycles. The van der Waals surface area contributed by atoms with Crippen molar-refractivity contribution < 1.29 is 14.7 Å². The molecule has 106 valence electrons. The lowest BCUT2D eigenvalue weighted by molar-refractivity contribution is -0.121. The summed E-state index contributed by atoms with van der Waals surface area (Å²) >= 11 is 1.12. The number of thiazole rings is 1. The van der Waals surface area contributed by atoms with E-state index in [9.17, 15) is 9.59 Å². The van der Waals surface area contributed by atoms with Crippen molar-refractivity contribution in [3.8, 4) is 0 Å². The SMILES string of the molecule is CCCCCC(=O)NC(C)c1nc(C)c(C(=O)O)s1. The molecule has 0 spiro atoms. The molecule has 1 rings (SSSR count). The Labute approximate surface area is 117 Å².